The lowest BCUT2D eigenvalue weighted by Crippen LogP contribution is -2.17. The molecular formula is C26H27ClN2O4. The van der Waals surface area contributed by atoms with E-state index in [-0.39, 0.29) is 5.91 Å². The molecule has 3 rings (SSSR count). The molecule has 0 aliphatic rings. The molecule has 1 amide bonds. The quantitative estimate of drug-likeness (QED) is 0.283. The van der Waals surface area contributed by atoms with E-state index in [9.17, 15) is 4.79 Å². The van der Waals surface area contributed by atoms with Crippen molar-refractivity contribution < 1.29 is 19.0 Å². The topological polar surface area (TPSA) is 69.2 Å². The average molecular weight is 467 g/mol. The van der Waals surface area contributed by atoms with E-state index in [0.29, 0.717) is 41.9 Å². The number of carbonyl (C=O) groups is 1. The highest BCUT2D eigenvalue weighted by atomic mass is 35.5. The summed E-state index contributed by atoms with van der Waals surface area (Å²) < 4.78 is 17.2. The summed E-state index contributed by atoms with van der Waals surface area (Å²) in [5.74, 6) is 1.64. The molecule has 0 aromatic heterocycles. The number of hydrazone groups is 1. The maximum absolute atomic E-state index is 12.3. The Hall–Kier alpha value is -3.51. The molecule has 0 aliphatic heterocycles. The Morgan fingerprint density at radius 2 is 1.79 bits per heavy atom. The van der Waals surface area contributed by atoms with E-state index < -0.39 is 0 Å². The number of hydrogen-bond donors (Lipinski definition) is 1. The number of amides is 1. The van der Waals surface area contributed by atoms with Crippen LogP contribution in [0.25, 0.3) is 0 Å². The molecule has 0 unspecified atom stereocenters. The van der Waals surface area contributed by atoms with Crippen molar-refractivity contribution in [3.05, 3.63) is 88.4 Å². The first-order valence-corrected chi connectivity index (χ1v) is 11.2. The zero-order chi connectivity index (χ0) is 23.5. The Kier molecular flexibility index (Phi) is 9.15. The van der Waals surface area contributed by atoms with Crippen molar-refractivity contribution in [3.8, 4) is 17.2 Å². The first-order chi connectivity index (χ1) is 16.1. The van der Waals surface area contributed by atoms with E-state index in [4.69, 9.17) is 25.8 Å². The predicted octanol–water partition coefficient (Wildman–Crippen LogP) is 5.87. The first kappa shape index (κ1) is 24.1. The van der Waals surface area contributed by atoms with Gasteiger partial charge in [-0.25, -0.2) is 5.43 Å². The second-order valence-corrected chi connectivity index (χ2v) is 7.57. The van der Waals surface area contributed by atoms with Crippen molar-refractivity contribution in [2.24, 2.45) is 5.10 Å². The Morgan fingerprint density at radius 3 is 2.52 bits per heavy atom. The predicted molar refractivity (Wildman–Crippen MR) is 131 cm³/mol. The highest BCUT2D eigenvalue weighted by Gasteiger charge is 2.08. The lowest BCUT2D eigenvalue weighted by Gasteiger charge is -2.12. The lowest BCUT2D eigenvalue weighted by atomic mass is 10.2. The minimum Gasteiger partial charge on any atom is -0.494 e. The minimum absolute atomic E-state index is 0.306. The molecule has 6 nitrogen and oxygen atoms in total. The molecular weight excluding hydrogens is 440 g/mol. The number of halogens is 1. The van der Waals surface area contributed by atoms with Crippen LogP contribution in [0.15, 0.2) is 71.8 Å². The molecule has 3 aromatic carbocycles. The second-order valence-electron chi connectivity index (χ2n) is 7.13. The van der Waals surface area contributed by atoms with Gasteiger partial charge in [-0.3, -0.25) is 4.79 Å². The number of nitrogens with zero attached hydrogens (tertiary/aromatic N) is 1. The Labute approximate surface area is 199 Å². The summed E-state index contributed by atoms with van der Waals surface area (Å²) in [5.41, 5.74) is 4.75. The standard InChI is InChI=1S/C26H27ClN2O4/c1-3-14-32-23-11-9-21(10-12-23)26(30)29-28-17-19-8-13-24(25(16-19)31-4-2)33-18-20-6-5-7-22(27)15-20/h5-13,15-17H,3-4,14,18H2,1-2H3,(H,29,30)/b28-17-. The summed E-state index contributed by atoms with van der Waals surface area (Å²) in [6, 6.07) is 19.9. The van der Waals surface area contributed by atoms with E-state index in [1.54, 1.807) is 30.5 Å². The van der Waals surface area contributed by atoms with Crippen LogP contribution in [0.4, 0.5) is 0 Å². The lowest BCUT2D eigenvalue weighted by molar-refractivity contribution is 0.0955. The summed E-state index contributed by atoms with van der Waals surface area (Å²) in [6.07, 6.45) is 2.48. The van der Waals surface area contributed by atoms with Crippen LogP contribution < -0.4 is 19.6 Å². The Balaban J connectivity index is 1.60. The summed E-state index contributed by atoms with van der Waals surface area (Å²) in [5, 5.41) is 4.72. The van der Waals surface area contributed by atoms with E-state index in [1.807, 2.05) is 56.3 Å². The largest absolute Gasteiger partial charge is 0.494 e. The third-order valence-electron chi connectivity index (χ3n) is 4.52. The number of ether oxygens (including phenoxy) is 3. The molecule has 0 heterocycles. The smallest absolute Gasteiger partial charge is 0.271 e. The maximum Gasteiger partial charge on any atom is 0.271 e. The van der Waals surface area contributed by atoms with Crippen LogP contribution in [-0.2, 0) is 6.61 Å². The Morgan fingerprint density at radius 1 is 0.970 bits per heavy atom. The first-order valence-electron chi connectivity index (χ1n) is 10.8. The van der Waals surface area contributed by atoms with Gasteiger partial charge >= 0.3 is 0 Å². The summed E-state index contributed by atoms with van der Waals surface area (Å²) in [7, 11) is 0. The number of nitrogens with one attached hydrogen (secondary N) is 1. The monoisotopic (exact) mass is 466 g/mol. The molecule has 1 N–H and O–H groups in total. The molecule has 0 fully saturated rings. The highest BCUT2D eigenvalue weighted by molar-refractivity contribution is 6.30. The summed E-state index contributed by atoms with van der Waals surface area (Å²) >= 11 is 6.03. The van der Waals surface area contributed by atoms with Crippen LogP contribution in [0.2, 0.25) is 5.02 Å². The van der Waals surface area contributed by atoms with Crippen LogP contribution in [0, 0.1) is 0 Å². The van der Waals surface area contributed by atoms with Crippen LogP contribution in [0.5, 0.6) is 17.2 Å². The van der Waals surface area contributed by atoms with Crippen molar-refractivity contribution in [3.63, 3.8) is 0 Å². The fourth-order valence-electron chi connectivity index (χ4n) is 2.93. The molecule has 0 radical (unpaired) electrons. The third-order valence-corrected chi connectivity index (χ3v) is 4.76. The Bertz CT molecular complexity index is 1080. The van der Waals surface area contributed by atoms with E-state index in [1.165, 1.54) is 0 Å². The highest BCUT2D eigenvalue weighted by Crippen LogP contribution is 2.29. The van der Waals surface area contributed by atoms with Gasteiger partial charge in [0.15, 0.2) is 11.5 Å². The molecule has 0 aliphatic carbocycles. The van der Waals surface area contributed by atoms with Crippen LogP contribution in [0.1, 0.15) is 41.8 Å². The molecule has 0 bridgehead atoms. The molecule has 0 spiro atoms. The van der Waals surface area contributed by atoms with Gasteiger partial charge in [-0.05, 0) is 79.1 Å². The fourth-order valence-corrected chi connectivity index (χ4v) is 3.15. The van der Waals surface area contributed by atoms with E-state index in [2.05, 4.69) is 10.5 Å². The van der Waals surface area contributed by atoms with Gasteiger partial charge in [0.2, 0.25) is 0 Å². The number of rotatable bonds is 11. The van der Waals surface area contributed by atoms with Crippen molar-refractivity contribution in [2.45, 2.75) is 26.9 Å². The minimum atomic E-state index is -0.306. The van der Waals surface area contributed by atoms with Gasteiger partial charge in [0, 0.05) is 10.6 Å². The summed E-state index contributed by atoms with van der Waals surface area (Å²) in [4.78, 5) is 12.3. The maximum atomic E-state index is 12.3. The van der Waals surface area contributed by atoms with Gasteiger partial charge in [0.1, 0.15) is 12.4 Å². The normalized spacial score (nSPS) is 10.8. The van der Waals surface area contributed by atoms with Crippen LogP contribution >= 0.6 is 11.6 Å². The zero-order valence-corrected chi connectivity index (χ0v) is 19.5. The van der Waals surface area contributed by atoms with Crippen molar-refractivity contribution in [2.75, 3.05) is 13.2 Å². The molecule has 3 aromatic rings. The molecule has 0 saturated heterocycles. The molecule has 33 heavy (non-hydrogen) atoms. The van der Waals surface area contributed by atoms with Gasteiger partial charge in [-0.15, -0.1) is 0 Å². The summed E-state index contributed by atoms with van der Waals surface area (Å²) in [6.45, 7) is 5.44. The third kappa shape index (κ3) is 7.54. The second kappa shape index (κ2) is 12.5. The van der Waals surface area contributed by atoms with Crippen molar-refractivity contribution in [1.82, 2.24) is 5.43 Å². The van der Waals surface area contributed by atoms with Crippen molar-refractivity contribution in [1.29, 1.82) is 0 Å². The van der Waals surface area contributed by atoms with E-state index >= 15 is 0 Å². The van der Waals surface area contributed by atoms with Gasteiger partial charge in [-0.1, -0.05) is 30.7 Å². The zero-order valence-electron chi connectivity index (χ0n) is 18.7. The average Bonchev–Trinajstić information content (AvgIpc) is 2.83. The van der Waals surface area contributed by atoms with Gasteiger partial charge in [0.05, 0.1) is 19.4 Å². The van der Waals surface area contributed by atoms with E-state index in [0.717, 1.165) is 23.3 Å². The van der Waals surface area contributed by atoms with Crippen molar-refractivity contribution >= 4 is 23.7 Å². The van der Waals surface area contributed by atoms with Gasteiger partial charge in [0.25, 0.3) is 5.91 Å². The fraction of sp³-hybridized carbons (Fsp3) is 0.231. The van der Waals surface area contributed by atoms with Crippen LogP contribution in [-0.4, -0.2) is 25.3 Å². The number of benzene rings is 3. The number of hydrogen-bond acceptors (Lipinski definition) is 5. The van der Waals surface area contributed by atoms with Crippen LogP contribution in [0.3, 0.4) is 0 Å². The SMILES string of the molecule is CCCOc1ccc(C(=O)N/N=C\c2ccc(OCc3cccc(Cl)c3)c(OCC)c2)cc1. The molecule has 7 heteroatoms. The molecule has 172 valence electrons. The van der Waals surface area contributed by atoms with Gasteiger partial charge < -0.3 is 14.2 Å². The van der Waals surface area contributed by atoms with Gasteiger partial charge in [-0.2, -0.15) is 5.10 Å². The molecule has 0 atom stereocenters. The number of carbonyl (C=O) groups excluding carboxylic acids is 1. The molecule has 0 saturated carbocycles.